The Morgan fingerprint density at radius 1 is 1.47 bits per heavy atom. The van der Waals surface area contributed by atoms with Gasteiger partial charge in [-0.2, -0.15) is 5.26 Å². The average Bonchev–Trinajstić information content (AvgIpc) is 2.28. The number of benzene rings is 1. The first kappa shape index (κ1) is 13.9. The third-order valence-electron chi connectivity index (χ3n) is 2.71. The summed E-state index contributed by atoms with van der Waals surface area (Å²) in [6.45, 7) is 5.93. The maximum atomic E-state index is 12.2. The highest BCUT2D eigenvalue weighted by Gasteiger charge is 2.22. The third-order valence-corrected chi connectivity index (χ3v) is 3.57. The van der Waals surface area contributed by atoms with E-state index in [-0.39, 0.29) is 5.78 Å². The number of hydrogen-bond donors (Lipinski definition) is 0. The van der Waals surface area contributed by atoms with E-state index in [1.54, 1.807) is 6.07 Å². The summed E-state index contributed by atoms with van der Waals surface area (Å²) in [5.41, 5.74) is 1.55. The second-order valence-corrected chi connectivity index (χ2v) is 5.44. The number of rotatable bonds is 4. The van der Waals surface area contributed by atoms with Gasteiger partial charge in [0.15, 0.2) is 5.78 Å². The van der Waals surface area contributed by atoms with E-state index in [2.05, 4.69) is 22.0 Å². The van der Waals surface area contributed by atoms with Crippen LogP contribution < -0.4 is 0 Å². The van der Waals surface area contributed by atoms with Crippen molar-refractivity contribution < 1.29 is 4.79 Å². The number of nitrogens with zero attached hydrogens (tertiary/aromatic N) is 1. The van der Waals surface area contributed by atoms with Crippen LogP contribution >= 0.6 is 15.9 Å². The zero-order valence-electron chi connectivity index (χ0n) is 10.3. The second kappa shape index (κ2) is 5.97. The first-order valence-corrected chi connectivity index (χ1v) is 6.45. The van der Waals surface area contributed by atoms with Gasteiger partial charge in [-0.25, -0.2) is 0 Å². The molecule has 0 radical (unpaired) electrons. The summed E-state index contributed by atoms with van der Waals surface area (Å²) in [4.78, 5) is 12.2. The normalized spacial score (nSPS) is 12.2. The Labute approximate surface area is 111 Å². The fourth-order valence-corrected chi connectivity index (χ4v) is 2.12. The molecule has 1 aromatic carbocycles. The average molecular weight is 294 g/mol. The van der Waals surface area contributed by atoms with E-state index in [1.165, 1.54) is 0 Å². The minimum absolute atomic E-state index is 0.0694. The van der Waals surface area contributed by atoms with Gasteiger partial charge in [-0.15, -0.1) is 0 Å². The molecule has 0 N–H and O–H groups in total. The van der Waals surface area contributed by atoms with Gasteiger partial charge in [0.25, 0.3) is 0 Å². The Morgan fingerprint density at radius 3 is 2.65 bits per heavy atom. The standard InChI is InChI=1S/C14H16BrNO/c1-9(2)7-11(8-16)14(17)12-5-4-6-13(15)10(12)3/h4-6,9,11H,7H2,1-3H3. The lowest BCUT2D eigenvalue weighted by atomic mass is 9.89. The number of carbonyl (C=O) groups is 1. The molecule has 90 valence electrons. The summed E-state index contributed by atoms with van der Waals surface area (Å²) in [6, 6.07) is 7.62. The van der Waals surface area contributed by atoms with E-state index >= 15 is 0 Å². The van der Waals surface area contributed by atoms with Crippen molar-refractivity contribution in [3.05, 3.63) is 33.8 Å². The van der Waals surface area contributed by atoms with Crippen LogP contribution in [0.25, 0.3) is 0 Å². The molecule has 1 aromatic rings. The minimum Gasteiger partial charge on any atom is -0.293 e. The van der Waals surface area contributed by atoms with Crippen LogP contribution in [-0.4, -0.2) is 5.78 Å². The predicted octanol–water partition coefficient (Wildman–Crippen LogP) is 4.13. The molecule has 0 saturated carbocycles. The van der Waals surface area contributed by atoms with Crippen LogP contribution in [0.15, 0.2) is 22.7 Å². The van der Waals surface area contributed by atoms with Crippen LogP contribution in [-0.2, 0) is 0 Å². The van der Waals surface area contributed by atoms with E-state index in [0.717, 1.165) is 10.0 Å². The maximum Gasteiger partial charge on any atom is 0.180 e. The molecule has 0 fully saturated rings. The summed E-state index contributed by atoms with van der Waals surface area (Å²) in [7, 11) is 0. The Balaban J connectivity index is 3.03. The lowest BCUT2D eigenvalue weighted by Gasteiger charge is -2.12. The van der Waals surface area contributed by atoms with E-state index in [4.69, 9.17) is 5.26 Å². The van der Waals surface area contributed by atoms with Crippen LogP contribution in [0.5, 0.6) is 0 Å². The Morgan fingerprint density at radius 2 is 2.12 bits per heavy atom. The van der Waals surface area contributed by atoms with Crippen LogP contribution in [0.3, 0.4) is 0 Å². The highest BCUT2D eigenvalue weighted by atomic mass is 79.9. The number of Topliss-reactive ketones (excluding diaryl/α,β-unsaturated/α-hetero) is 1. The van der Waals surface area contributed by atoms with Crippen molar-refractivity contribution >= 4 is 21.7 Å². The molecule has 0 aromatic heterocycles. The molecule has 3 heteroatoms. The lowest BCUT2D eigenvalue weighted by molar-refractivity contribution is 0.0936. The van der Waals surface area contributed by atoms with Gasteiger partial charge >= 0.3 is 0 Å². The molecule has 0 bridgehead atoms. The molecule has 0 saturated heterocycles. The summed E-state index contributed by atoms with van der Waals surface area (Å²) in [5.74, 6) is -0.265. The van der Waals surface area contributed by atoms with Gasteiger partial charge in [0, 0.05) is 10.0 Å². The highest BCUT2D eigenvalue weighted by molar-refractivity contribution is 9.10. The molecule has 0 heterocycles. The third kappa shape index (κ3) is 3.41. The van der Waals surface area contributed by atoms with Gasteiger partial charge in [-0.1, -0.05) is 41.9 Å². The Hall–Kier alpha value is -1.14. The fourth-order valence-electron chi connectivity index (χ4n) is 1.75. The molecular weight excluding hydrogens is 278 g/mol. The topological polar surface area (TPSA) is 40.9 Å². The van der Waals surface area contributed by atoms with Crippen molar-refractivity contribution in [2.45, 2.75) is 27.2 Å². The summed E-state index contributed by atoms with van der Waals surface area (Å²) in [5, 5.41) is 9.08. The summed E-state index contributed by atoms with van der Waals surface area (Å²) < 4.78 is 0.907. The van der Waals surface area contributed by atoms with Gasteiger partial charge in [-0.05, 0) is 30.9 Å². The van der Waals surface area contributed by atoms with Crippen LogP contribution in [0.1, 0.15) is 36.2 Å². The fraction of sp³-hybridized carbons (Fsp3) is 0.429. The van der Waals surface area contributed by atoms with Crippen LogP contribution in [0, 0.1) is 30.1 Å². The molecule has 1 atom stereocenters. The number of hydrogen-bond acceptors (Lipinski definition) is 2. The highest BCUT2D eigenvalue weighted by Crippen LogP contribution is 2.24. The quantitative estimate of drug-likeness (QED) is 0.783. The summed E-state index contributed by atoms with van der Waals surface area (Å²) in [6.07, 6.45) is 0.612. The van der Waals surface area contributed by atoms with Crippen molar-refractivity contribution in [2.75, 3.05) is 0 Å². The molecule has 17 heavy (non-hydrogen) atoms. The molecule has 1 unspecified atom stereocenters. The largest absolute Gasteiger partial charge is 0.293 e. The lowest BCUT2D eigenvalue weighted by Crippen LogP contribution is -2.16. The molecule has 0 aliphatic rings. The molecule has 0 aliphatic heterocycles. The Kier molecular flexibility index (Phi) is 4.89. The molecule has 0 amide bonds. The van der Waals surface area contributed by atoms with Gasteiger partial charge in [0.05, 0.1) is 6.07 Å². The number of carbonyl (C=O) groups excluding carboxylic acids is 1. The van der Waals surface area contributed by atoms with Crippen LogP contribution in [0.2, 0.25) is 0 Å². The first-order valence-electron chi connectivity index (χ1n) is 5.66. The number of halogens is 1. The van der Waals surface area contributed by atoms with E-state index in [1.807, 2.05) is 32.9 Å². The van der Waals surface area contributed by atoms with E-state index in [9.17, 15) is 4.79 Å². The van der Waals surface area contributed by atoms with E-state index in [0.29, 0.717) is 17.9 Å². The monoisotopic (exact) mass is 293 g/mol. The van der Waals surface area contributed by atoms with Crippen molar-refractivity contribution in [1.82, 2.24) is 0 Å². The second-order valence-electron chi connectivity index (χ2n) is 4.59. The van der Waals surface area contributed by atoms with Crippen molar-refractivity contribution in [2.24, 2.45) is 11.8 Å². The molecular formula is C14H16BrNO. The van der Waals surface area contributed by atoms with E-state index < -0.39 is 5.92 Å². The Bertz CT molecular complexity index is 460. The van der Waals surface area contributed by atoms with Crippen LogP contribution in [0.4, 0.5) is 0 Å². The zero-order valence-corrected chi connectivity index (χ0v) is 11.9. The minimum atomic E-state index is -0.539. The first-order chi connectivity index (χ1) is 7.97. The van der Waals surface area contributed by atoms with Gasteiger partial charge < -0.3 is 0 Å². The molecule has 0 spiro atoms. The predicted molar refractivity (Wildman–Crippen MR) is 71.8 cm³/mol. The van der Waals surface area contributed by atoms with Crippen molar-refractivity contribution in [3.8, 4) is 6.07 Å². The molecule has 1 rings (SSSR count). The van der Waals surface area contributed by atoms with Gasteiger partial charge in [-0.3, -0.25) is 4.79 Å². The molecule has 2 nitrogen and oxygen atoms in total. The smallest absolute Gasteiger partial charge is 0.180 e. The maximum absolute atomic E-state index is 12.2. The number of ketones is 1. The van der Waals surface area contributed by atoms with Crippen molar-refractivity contribution in [1.29, 1.82) is 5.26 Å². The summed E-state index contributed by atoms with van der Waals surface area (Å²) >= 11 is 3.40. The SMILES string of the molecule is Cc1c(Br)cccc1C(=O)C(C#N)CC(C)C. The molecule has 0 aliphatic carbocycles. The zero-order chi connectivity index (χ0) is 13.0. The van der Waals surface area contributed by atoms with Gasteiger partial charge in [0.2, 0.25) is 0 Å². The van der Waals surface area contributed by atoms with Crippen molar-refractivity contribution in [3.63, 3.8) is 0 Å². The van der Waals surface area contributed by atoms with Gasteiger partial charge in [0.1, 0.15) is 5.92 Å². The number of nitriles is 1.